The smallest absolute Gasteiger partial charge is 0.756 e. The fraction of sp³-hybridized carbons (Fsp3) is 0.889. The number of hydrogen-bond acceptors (Lipinski definition) is 3. The van der Waals surface area contributed by atoms with Crippen LogP contribution in [0.1, 0.15) is 96.8 Å². The molecule has 1 atom stereocenters. The van der Waals surface area contributed by atoms with Crippen molar-refractivity contribution in [1.82, 2.24) is 0 Å². The van der Waals surface area contributed by atoms with E-state index in [9.17, 15) is 9.46 Å². The molecule has 0 aliphatic heterocycles. The van der Waals surface area contributed by atoms with Gasteiger partial charge in [0.1, 0.15) is 0 Å². The van der Waals surface area contributed by atoms with Crippen molar-refractivity contribution in [2.24, 2.45) is 0 Å². The molecule has 0 aromatic rings. The number of hydrogen-bond donors (Lipinski definition) is 1. The van der Waals surface area contributed by atoms with E-state index < -0.39 is 7.82 Å². The van der Waals surface area contributed by atoms with Gasteiger partial charge in [-0.1, -0.05) is 76.9 Å². The molecular weight excluding hydrogens is 350 g/mol. The Balaban J connectivity index is 0. The van der Waals surface area contributed by atoms with E-state index in [-0.39, 0.29) is 58.0 Å². The molecule has 0 spiro atoms. The normalized spacial score (nSPS) is 13.8. The zero-order valence-corrected chi connectivity index (χ0v) is 19.9. The molecule has 0 radical (unpaired) electrons. The Hall–Kier alpha value is 1.49. The van der Waals surface area contributed by atoms with Gasteiger partial charge >= 0.3 is 51.4 Å². The molecule has 0 fully saturated rings. The van der Waals surface area contributed by atoms with Crippen molar-refractivity contribution in [2.75, 3.05) is 6.61 Å². The van der Waals surface area contributed by atoms with E-state index in [1.54, 1.807) is 0 Å². The first-order chi connectivity index (χ1) is 11.1. The van der Waals surface area contributed by atoms with Crippen LogP contribution in [0.3, 0.4) is 0 Å². The van der Waals surface area contributed by atoms with Gasteiger partial charge < -0.3 is 14.3 Å². The maximum atomic E-state index is 10.3. The van der Waals surface area contributed by atoms with Gasteiger partial charge in [0.05, 0.1) is 6.61 Å². The number of allylic oxidation sites excluding steroid dienone is 2. The first-order valence-corrected chi connectivity index (χ1v) is 10.9. The first kappa shape index (κ1) is 27.7. The van der Waals surface area contributed by atoms with Gasteiger partial charge in [-0.2, -0.15) is 0 Å². The third kappa shape index (κ3) is 25.7. The van der Waals surface area contributed by atoms with Crippen LogP contribution in [0, 0.1) is 0 Å². The summed E-state index contributed by atoms with van der Waals surface area (Å²) in [5.41, 5.74) is 0. The van der Waals surface area contributed by atoms with E-state index in [1.165, 1.54) is 70.6 Å². The molecule has 0 aliphatic rings. The summed E-state index contributed by atoms with van der Waals surface area (Å²) >= 11 is 0. The Morgan fingerprint density at radius 2 is 1.25 bits per heavy atom. The van der Waals surface area contributed by atoms with E-state index in [4.69, 9.17) is 4.89 Å². The largest absolute Gasteiger partial charge is 1.00 e. The summed E-state index contributed by atoms with van der Waals surface area (Å²) in [4.78, 5) is 18.8. The SMILES string of the molecule is CCCCCCCCC=CCCCCCCCCOP(=O)([O-])O.[K+]. The van der Waals surface area contributed by atoms with Crippen molar-refractivity contribution in [3.05, 3.63) is 12.2 Å². The van der Waals surface area contributed by atoms with Crippen molar-refractivity contribution >= 4 is 7.82 Å². The monoisotopic (exact) mass is 386 g/mol. The molecule has 0 heterocycles. The van der Waals surface area contributed by atoms with E-state index in [1.807, 2.05) is 0 Å². The third-order valence-corrected chi connectivity index (χ3v) is 4.42. The zero-order valence-electron chi connectivity index (χ0n) is 15.9. The molecule has 0 saturated heterocycles. The fourth-order valence-corrected chi connectivity index (χ4v) is 2.89. The number of phosphoric acid groups is 1. The number of unbranched alkanes of at least 4 members (excludes halogenated alkanes) is 12. The molecule has 1 N–H and O–H groups in total. The topological polar surface area (TPSA) is 69.6 Å². The second kappa shape index (κ2) is 20.8. The third-order valence-electron chi connectivity index (χ3n) is 3.91. The van der Waals surface area contributed by atoms with Crippen LogP contribution in [-0.2, 0) is 9.09 Å². The van der Waals surface area contributed by atoms with Crippen molar-refractivity contribution in [3.8, 4) is 0 Å². The molecule has 0 rings (SSSR count). The van der Waals surface area contributed by atoms with E-state index >= 15 is 0 Å². The second-order valence-corrected chi connectivity index (χ2v) is 7.43. The minimum atomic E-state index is -4.51. The summed E-state index contributed by atoms with van der Waals surface area (Å²) in [6.07, 6.45) is 21.6. The van der Waals surface area contributed by atoms with Crippen LogP contribution in [0.25, 0.3) is 0 Å². The van der Waals surface area contributed by atoms with Crippen LogP contribution in [0.15, 0.2) is 12.2 Å². The molecule has 0 amide bonds. The molecule has 0 bridgehead atoms. The summed E-state index contributed by atoms with van der Waals surface area (Å²) in [5, 5.41) is 0. The molecule has 0 aromatic carbocycles. The van der Waals surface area contributed by atoms with E-state index in [0.717, 1.165) is 12.8 Å². The van der Waals surface area contributed by atoms with Gasteiger partial charge in [0.25, 0.3) is 7.82 Å². The van der Waals surface area contributed by atoms with Crippen molar-refractivity contribution in [3.63, 3.8) is 0 Å². The van der Waals surface area contributed by atoms with Gasteiger partial charge in [-0.15, -0.1) is 0 Å². The molecule has 24 heavy (non-hydrogen) atoms. The summed E-state index contributed by atoms with van der Waals surface area (Å²) < 4.78 is 14.6. The van der Waals surface area contributed by atoms with E-state index in [0.29, 0.717) is 6.42 Å². The maximum Gasteiger partial charge on any atom is 1.00 e. The molecule has 138 valence electrons. The quantitative estimate of drug-likeness (QED) is 0.180. The Labute approximate surface area is 191 Å². The molecule has 4 nitrogen and oxygen atoms in total. The minimum Gasteiger partial charge on any atom is -0.756 e. The Morgan fingerprint density at radius 3 is 1.71 bits per heavy atom. The predicted octanol–water partition coefficient (Wildman–Crippen LogP) is 2.51. The maximum absolute atomic E-state index is 10.3. The van der Waals surface area contributed by atoms with Crippen LogP contribution < -0.4 is 56.3 Å². The Morgan fingerprint density at radius 1 is 0.833 bits per heavy atom. The Kier molecular flexibility index (Phi) is 24.0. The number of rotatable bonds is 17. The van der Waals surface area contributed by atoms with Crippen LogP contribution in [0.2, 0.25) is 0 Å². The van der Waals surface area contributed by atoms with Crippen molar-refractivity contribution in [1.29, 1.82) is 0 Å². The minimum absolute atomic E-state index is 0. The molecule has 0 aromatic heterocycles. The van der Waals surface area contributed by atoms with Gasteiger partial charge in [0, 0.05) is 0 Å². The van der Waals surface area contributed by atoms with Crippen molar-refractivity contribution < 1.29 is 70.3 Å². The first-order valence-electron chi connectivity index (χ1n) is 9.39. The van der Waals surface area contributed by atoms with Gasteiger partial charge in [0.2, 0.25) is 0 Å². The molecule has 0 saturated carbocycles. The Bertz CT molecular complexity index is 318. The average Bonchev–Trinajstić information content (AvgIpc) is 2.49. The van der Waals surface area contributed by atoms with Gasteiger partial charge in [-0.05, 0) is 32.1 Å². The summed E-state index contributed by atoms with van der Waals surface area (Å²) in [5.74, 6) is 0. The molecule has 6 heteroatoms. The number of phosphoric ester groups is 1. The van der Waals surface area contributed by atoms with Crippen LogP contribution in [0.5, 0.6) is 0 Å². The van der Waals surface area contributed by atoms with Gasteiger partial charge in [-0.25, -0.2) is 0 Å². The van der Waals surface area contributed by atoms with Crippen LogP contribution in [0.4, 0.5) is 0 Å². The molecule has 0 aliphatic carbocycles. The van der Waals surface area contributed by atoms with E-state index in [2.05, 4.69) is 23.6 Å². The van der Waals surface area contributed by atoms with Gasteiger partial charge in [0.15, 0.2) is 0 Å². The molecular formula is C18H36KO4P. The fourth-order valence-electron chi connectivity index (χ4n) is 2.53. The van der Waals surface area contributed by atoms with Crippen LogP contribution in [-0.4, -0.2) is 11.5 Å². The second-order valence-electron chi connectivity index (χ2n) is 6.24. The van der Waals surface area contributed by atoms with Crippen molar-refractivity contribution in [2.45, 2.75) is 96.8 Å². The summed E-state index contributed by atoms with van der Waals surface area (Å²) in [6.45, 7) is 2.35. The summed E-state index contributed by atoms with van der Waals surface area (Å²) in [6, 6.07) is 0. The average molecular weight is 387 g/mol. The van der Waals surface area contributed by atoms with Crippen LogP contribution >= 0.6 is 7.82 Å². The standard InChI is InChI=1S/C18H37O4P.K/c1-2-3-4-5-6-7-8-9-10-11-12-13-14-15-16-17-18-22-23(19,20)21;/h9-10H,2-8,11-18H2,1H3,(H2,19,20,21);/q;+1/p-1. The molecule has 1 unspecified atom stereocenters. The predicted molar refractivity (Wildman–Crippen MR) is 95.2 cm³/mol. The van der Waals surface area contributed by atoms with Gasteiger partial charge in [-0.3, -0.25) is 4.57 Å². The zero-order chi connectivity index (χ0) is 17.2. The summed E-state index contributed by atoms with van der Waals surface area (Å²) in [7, 11) is -4.51.